The maximum Gasteiger partial charge on any atom is 0.124 e. The van der Waals surface area contributed by atoms with Gasteiger partial charge in [0.05, 0.1) is 7.11 Å². The van der Waals surface area contributed by atoms with Crippen LogP contribution in [0, 0.1) is 11.8 Å². The van der Waals surface area contributed by atoms with Gasteiger partial charge in [0, 0.05) is 29.7 Å². The summed E-state index contributed by atoms with van der Waals surface area (Å²) in [5.41, 5.74) is 1.13. The molecule has 0 spiro atoms. The van der Waals surface area contributed by atoms with Gasteiger partial charge in [-0.25, -0.2) is 0 Å². The number of rotatable bonds is 4. The fourth-order valence-corrected chi connectivity index (χ4v) is 4.17. The van der Waals surface area contributed by atoms with Crippen LogP contribution in [0.5, 0.6) is 5.75 Å². The van der Waals surface area contributed by atoms with Crippen molar-refractivity contribution in [1.29, 1.82) is 0 Å². The number of ether oxygens (including phenoxy) is 1. The van der Waals surface area contributed by atoms with E-state index in [-0.39, 0.29) is 0 Å². The predicted molar refractivity (Wildman–Crippen MR) is 82.3 cm³/mol. The van der Waals surface area contributed by atoms with Crippen molar-refractivity contribution in [3.05, 3.63) is 28.8 Å². The van der Waals surface area contributed by atoms with E-state index in [9.17, 15) is 0 Å². The molecule has 1 aromatic carbocycles. The zero-order valence-corrected chi connectivity index (χ0v) is 13.0. The lowest BCUT2D eigenvalue weighted by Crippen LogP contribution is -2.34. The molecule has 2 heterocycles. The summed E-state index contributed by atoms with van der Waals surface area (Å²) in [5, 5.41) is 4.34. The first-order chi connectivity index (χ1) is 9.74. The average Bonchev–Trinajstić information content (AvgIpc) is 3.01. The molecule has 0 radical (unpaired) electrons. The van der Waals surface area contributed by atoms with Crippen molar-refractivity contribution < 1.29 is 4.74 Å². The molecule has 0 saturated carbocycles. The lowest BCUT2D eigenvalue weighted by atomic mass is 9.93. The molecule has 2 saturated heterocycles. The Kier molecular flexibility index (Phi) is 4.20. The van der Waals surface area contributed by atoms with Gasteiger partial charge in [0.2, 0.25) is 0 Å². The Morgan fingerprint density at radius 3 is 3.00 bits per heavy atom. The molecule has 1 N–H and O–H groups in total. The number of fused-ring (bicyclic) bond motifs is 1. The van der Waals surface area contributed by atoms with Crippen LogP contribution in [0.15, 0.2) is 18.2 Å². The maximum absolute atomic E-state index is 6.38. The van der Waals surface area contributed by atoms with Gasteiger partial charge >= 0.3 is 0 Å². The van der Waals surface area contributed by atoms with E-state index in [0.29, 0.717) is 6.04 Å². The molecule has 0 amide bonds. The van der Waals surface area contributed by atoms with Crippen LogP contribution in [-0.2, 0) is 6.54 Å². The highest BCUT2D eigenvalue weighted by Crippen LogP contribution is 2.37. The minimum Gasteiger partial charge on any atom is -0.496 e. The Bertz CT molecular complexity index is 480. The fraction of sp³-hybridized carbons (Fsp3) is 0.625. The van der Waals surface area contributed by atoms with Crippen molar-refractivity contribution in [2.24, 2.45) is 11.8 Å². The Balaban J connectivity index is 1.81. The van der Waals surface area contributed by atoms with Gasteiger partial charge in [-0.3, -0.25) is 4.90 Å². The molecular weight excluding hydrogens is 272 g/mol. The Hall–Kier alpha value is -0.770. The fourth-order valence-electron chi connectivity index (χ4n) is 3.94. The second-order valence-electron chi connectivity index (χ2n) is 5.91. The van der Waals surface area contributed by atoms with E-state index in [1.54, 1.807) is 7.11 Å². The summed E-state index contributed by atoms with van der Waals surface area (Å²) in [7, 11) is 1.72. The molecule has 0 bridgehead atoms. The minimum atomic E-state index is 0.663. The van der Waals surface area contributed by atoms with Crippen LogP contribution < -0.4 is 10.1 Å². The molecule has 2 aliphatic heterocycles. The smallest absolute Gasteiger partial charge is 0.124 e. The van der Waals surface area contributed by atoms with Crippen LogP contribution in [0.25, 0.3) is 0 Å². The molecule has 2 fully saturated rings. The standard InChI is InChI=1S/C16H23ClN2O/c1-3-15-12-8-18-7-11(12)9-19(15)10-13-14(17)5-4-6-16(13)20-2/h4-6,11-12,15,18H,3,7-10H2,1-2H3. The van der Waals surface area contributed by atoms with E-state index in [0.717, 1.165) is 41.3 Å². The van der Waals surface area contributed by atoms with E-state index in [1.807, 2.05) is 18.2 Å². The lowest BCUT2D eigenvalue weighted by molar-refractivity contribution is 0.208. The van der Waals surface area contributed by atoms with Crippen LogP contribution in [0.3, 0.4) is 0 Å². The quantitative estimate of drug-likeness (QED) is 0.924. The third kappa shape index (κ3) is 2.43. The highest BCUT2D eigenvalue weighted by Gasteiger charge is 2.43. The molecule has 1 aromatic rings. The normalized spacial score (nSPS) is 29.6. The summed E-state index contributed by atoms with van der Waals surface area (Å²) in [6.07, 6.45) is 1.20. The summed E-state index contributed by atoms with van der Waals surface area (Å²) in [6, 6.07) is 6.57. The highest BCUT2D eigenvalue weighted by atomic mass is 35.5. The van der Waals surface area contributed by atoms with Crippen LogP contribution >= 0.6 is 11.6 Å². The number of likely N-dealkylation sites (tertiary alicyclic amines) is 1. The molecule has 110 valence electrons. The molecule has 4 heteroatoms. The number of nitrogens with one attached hydrogen (secondary N) is 1. The van der Waals surface area contributed by atoms with Crippen LogP contribution in [0.4, 0.5) is 0 Å². The van der Waals surface area contributed by atoms with Gasteiger partial charge in [0.15, 0.2) is 0 Å². The maximum atomic E-state index is 6.38. The first-order valence-corrected chi connectivity index (χ1v) is 7.88. The molecule has 3 rings (SSSR count). The first-order valence-electron chi connectivity index (χ1n) is 7.50. The molecule has 3 atom stereocenters. The third-order valence-electron chi connectivity index (χ3n) is 4.90. The number of benzene rings is 1. The zero-order chi connectivity index (χ0) is 14.1. The monoisotopic (exact) mass is 294 g/mol. The highest BCUT2D eigenvalue weighted by molar-refractivity contribution is 6.31. The van der Waals surface area contributed by atoms with Crippen molar-refractivity contribution in [2.45, 2.75) is 25.9 Å². The molecule has 3 unspecified atom stereocenters. The Morgan fingerprint density at radius 1 is 1.40 bits per heavy atom. The van der Waals surface area contributed by atoms with Crippen molar-refractivity contribution in [1.82, 2.24) is 10.2 Å². The van der Waals surface area contributed by atoms with Crippen molar-refractivity contribution in [3.63, 3.8) is 0 Å². The average molecular weight is 295 g/mol. The molecule has 2 aliphatic rings. The molecular formula is C16H23ClN2O. The van der Waals surface area contributed by atoms with E-state index < -0.39 is 0 Å². The SMILES string of the molecule is CCC1C2CNCC2CN1Cc1c(Cl)cccc1OC. The number of methoxy groups -OCH3 is 1. The number of halogens is 1. The summed E-state index contributed by atoms with van der Waals surface area (Å²) in [4.78, 5) is 2.60. The van der Waals surface area contributed by atoms with Crippen molar-refractivity contribution in [2.75, 3.05) is 26.7 Å². The first kappa shape index (κ1) is 14.2. The largest absolute Gasteiger partial charge is 0.496 e. The van der Waals surface area contributed by atoms with Crippen LogP contribution in [0.1, 0.15) is 18.9 Å². The predicted octanol–water partition coefficient (Wildman–Crippen LogP) is 2.78. The number of hydrogen-bond donors (Lipinski definition) is 1. The van der Waals surface area contributed by atoms with E-state index in [1.165, 1.54) is 19.5 Å². The second kappa shape index (κ2) is 5.92. The van der Waals surface area contributed by atoms with Crippen LogP contribution in [0.2, 0.25) is 5.02 Å². The van der Waals surface area contributed by atoms with E-state index >= 15 is 0 Å². The third-order valence-corrected chi connectivity index (χ3v) is 5.25. The summed E-state index contributed by atoms with van der Waals surface area (Å²) in [6.45, 7) is 6.69. The van der Waals surface area contributed by atoms with Crippen molar-refractivity contribution >= 4 is 11.6 Å². The number of nitrogens with zero attached hydrogens (tertiary/aromatic N) is 1. The zero-order valence-electron chi connectivity index (χ0n) is 12.2. The second-order valence-corrected chi connectivity index (χ2v) is 6.32. The summed E-state index contributed by atoms with van der Waals surface area (Å²) >= 11 is 6.38. The van der Waals surface area contributed by atoms with Gasteiger partial charge < -0.3 is 10.1 Å². The molecule has 20 heavy (non-hydrogen) atoms. The summed E-state index contributed by atoms with van der Waals surface area (Å²) in [5.74, 6) is 2.50. The molecule has 0 aliphatic carbocycles. The summed E-state index contributed by atoms with van der Waals surface area (Å²) < 4.78 is 5.48. The van der Waals surface area contributed by atoms with Gasteiger partial charge in [0.25, 0.3) is 0 Å². The van der Waals surface area contributed by atoms with Gasteiger partial charge in [-0.05, 0) is 43.5 Å². The van der Waals surface area contributed by atoms with Gasteiger partial charge in [0.1, 0.15) is 5.75 Å². The molecule has 0 aromatic heterocycles. The van der Waals surface area contributed by atoms with Crippen molar-refractivity contribution in [3.8, 4) is 5.75 Å². The number of hydrogen-bond acceptors (Lipinski definition) is 3. The van der Waals surface area contributed by atoms with Crippen LogP contribution in [-0.4, -0.2) is 37.7 Å². The van der Waals surface area contributed by atoms with E-state index in [4.69, 9.17) is 16.3 Å². The van der Waals surface area contributed by atoms with Gasteiger partial charge in [-0.15, -0.1) is 0 Å². The van der Waals surface area contributed by atoms with E-state index in [2.05, 4.69) is 17.1 Å². The minimum absolute atomic E-state index is 0.663. The molecule has 3 nitrogen and oxygen atoms in total. The van der Waals surface area contributed by atoms with Gasteiger partial charge in [-0.1, -0.05) is 24.6 Å². The Labute approximate surface area is 126 Å². The van der Waals surface area contributed by atoms with Gasteiger partial charge in [-0.2, -0.15) is 0 Å². The Morgan fingerprint density at radius 2 is 2.25 bits per heavy atom. The topological polar surface area (TPSA) is 24.5 Å². The lowest BCUT2D eigenvalue weighted by Gasteiger charge is -2.27.